The second kappa shape index (κ2) is 3.53. The Morgan fingerprint density at radius 2 is 2.00 bits per heavy atom. The molecular weight excluding hydrogens is 202 g/mol. The zero-order valence-corrected chi connectivity index (χ0v) is 9.78. The quantitative estimate of drug-likeness (QED) is 0.785. The molecule has 2 N–H and O–H groups in total. The predicted octanol–water partition coefficient (Wildman–Crippen LogP) is 3.06. The number of fused-ring (bicyclic) bond motifs is 1. The normalized spacial score (nSPS) is 23.0. The summed E-state index contributed by atoms with van der Waals surface area (Å²) in [5, 5.41) is 0. The van der Waals surface area contributed by atoms with Crippen molar-refractivity contribution in [2.24, 2.45) is 5.73 Å². The highest BCUT2D eigenvalue weighted by molar-refractivity contribution is 7.99. The minimum Gasteiger partial charge on any atom is -0.321 e. The lowest BCUT2D eigenvalue weighted by Crippen LogP contribution is -2.33. The monoisotopic (exact) mass is 219 g/mol. The fraction of sp³-hybridized carbons (Fsp3) is 0.538. The lowest BCUT2D eigenvalue weighted by molar-refractivity contribution is 0.453. The van der Waals surface area contributed by atoms with Gasteiger partial charge in [0.1, 0.15) is 0 Å². The summed E-state index contributed by atoms with van der Waals surface area (Å²) in [5.41, 5.74) is 9.48. The number of hydrogen-bond acceptors (Lipinski definition) is 2. The maximum Gasteiger partial charge on any atom is 0.0420 e. The first kappa shape index (κ1) is 9.73. The van der Waals surface area contributed by atoms with E-state index in [2.05, 4.69) is 18.2 Å². The van der Waals surface area contributed by atoms with Crippen molar-refractivity contribution in [3.63, 3.8) is 0 Å². The van der Waals surface area contributed by atoms with Gasteiger partial charge in [-0.25, -0.2) is 0 Å². The van der Waals surface area contributed by atoms with E-state index in [0.29, 0.717) is 0 Å². The average molecular weight is 219 g/mol. The number of aryl methyl sites for hydroxylation is 1. The van der Waals surface area contributed by atoms with E-state index in [1.807, 2.05) is 11.8 Å². The summed E-state index contributed by atoms with van der Waals surface area (Å²) < 4.78 is 0. The van der Waals surface area contributed by atoms with E-state index in [0.717, 1.165) is 0 Å². The van der Waals surface area contributed by atoms with E-state index in [-0.39, 0.29) is 5.54 Å². The molecule has 15 heavy (non-hydrogen) atoms. The number of thioether (sulfide) groups is 1. The molecule has 1 heterocycles. The van der Waals surface area contributed by atoms with E-state index in [1.165, 1.54) is 53.9 Å². The molecule has 0 spiro atoms. The third-order valence-electron chi connectivity index (χ3n) is 3.75. The summed E-state index contributed by atoms with van der Waals surface area (Å²) in [6.07, 6.45) is 6.16. The van der Waals surface area contributed by atoms with Gasteiger partial charge in [-0.2, -0.15) is 0 Å². The molecule has 0 bridgehead atoms. The van der Waals surface area contributed by atoms with Gasteiger partial charge in [0.15, 0.2) is 0 Å². The highest BCUT2D eigenvalue weighted by atomic mass is 32.2. The molecule has 0 atom stereocenters. The lowest BCUT2D eigenvalue weighted by Gasteiger charge is -2.26. The predicted molar refractivity (Wildman–Crippen MR) is 65.2 cm³/mol. The summed E-state index contributed by atoms with van der Waals surface area (Å²) in [6.45, 7) is 0. The van der Waals surface area contributed by atoms with Crippen LogP contribution in [-0.4, -0.2) is 5.75 Å². The van der Waals surface area contributed by atoms with E-state index in [9.17, 15) is 0 Å². The van der Waals surface area contributed by atoms with Crippen LogP contribution < -0.4 is 5.73 Å². The Labute approximate surface area is 95.4 Å². The molecule has 2 aliphatic rings. The minimum atomic E-state index is -0.0112. The molecule has 80 valence electrons. The highest BCUT2D eigenvalue weighted by Crippen LogP contribution is 2.44. The maximum absolute atomic E-state index is 6.54. The summed E-state index contributed by atoms with van der Waals surface area (Å²) in [6, 6.07) is 6.70. The van der Waals surface area contributed by atoms with Gasteiger partial charge in [0.05, 0.1) is 0 Å². The van der Waals surface area contributed by atoms with Crippen molar-refractivity contribution in [2.75, 3.05) is 5.75 Å². The van der Waals surface area contributed by atoms with Gasteiger partial charge >= 0.3 is 0 Å². The highest BCUT2D eigenvalue weighted by Gasteiger charge is 2.34. The SMILES string of the molecule is NC1(c2cccc3c2SCC3)CCCC1. The molecule has 0 unspecified atom stereocenters. The fourth-order valence-corrected chi connectivity index (χ4v) is 4.19. The summed E-state index contributed by atoms with van der Waals surface area (Å²) in [5.74, 6) is 1.24. The van der Waals surface area contributed by atoms with Crippen molar-refractivity contribution in [1.29, 1.82) is 0 Å². The van der Waals surface area contributed by atoms with Crippen molar-refractivity contribution in [3.05, 3.63) is 29.3 Å². The van der Waals surface area contributed by atoms with Crippen LogP contribution in [0.3, 0.4) is 0 Å². The summed E-state index contributed by atoms with van der Waals surface area (Å²) in [4.78, 5) is 1.50. The molecule has 0 aromatic heterocycles. The Kier molecular flexibility index (Phi) is 2.29. The van der Waals surface area contributed by atoms with Crippen molar-refractivity contribution in [1.82, 2.24) is 0 Å². The maximum atomic E-state index is 6.54. The largest absolute Gasteiger partial charge is 0.321 e. The van der Waals surface area contributed by atoms with Crippen LogP contribution >= 0.6 is 11.8 Å². The topological polar surface area (TPSA) is 26.0 Å². The van der Waals surface area contributed by atoms with Crippen LogP contribution in [0.1, 0.15) is 36.8 Å². The number of hydrogen-bond donors (Lipinski definition) is 1. The second-order valence-electron chi connectivity index (χ2n) is 4.76. The Morgan fingerprint density at radius 3 is 2.80 bits per heavy atom. The Balaban J connectivity index is 2.08. The van der Waals surface area contributed by atoms with Crippen molar-refractivity contribution < 1.29 is 0 Å². The van der Waals surface area contributed by atoms with Crippen LogP contribution in [-0.2, 0) is 12.0 Å². The van der Waals surface area contributed by atoms with Crippen molar-refractivity contribution >= 4 is 11.8 Å². The first-order chi connectivity index (χ1) is 7.30. The third-order valence-corrected chi connectivity index (χ3v) is 4.93. The van der Waals surface area contributed by atoms with Gasteiger partial charge in [-0.05, 0) is 30.4 Å². The van der Waals surface area contributed by atoms with Gasteiger partial charge in [-0.15, -0.1) is 11.8 Å². The Bertz CT molecular complexity index is 380. The van der Waals surface area contributed by atoms with Crippen LogP contribution in [0.15, 0.2) is 23.1 Å². The van der Waals surface area contributed by atoms with Crippen LogP contribution in [0.4, 0.5) is 0 Å². The average Bonchev–Trinajstić information content (AvgIpc) is 2.85. The zero-order valence-electron chi connectivity index (χ0n) is 8.96. The van der Waals surface area contributed by atoms with Crippen molar-refractivity contribution in [2.45, 2.75) is 42.5 Å². The standard InChI is InChI=1S/C13H17NS/c14-13(7-1-2-8-13)11-5-3-4-10-6-9-15-12(10)11/h3-5H,1-2,6-9,14H2. The zero-order chi connectivity index (χ0) is 10.3. The number of rotatable bonds is 1. The van der Waals surface area contributed by atoms with Crippen molar-refractivity contribution in [3.8, 4) is 0 Å². The number of nitrogens with two attached hydrogens (primary N) is 1. The molecule has 1 nitrogen and oxygen atoms in total. The molecular formula is C13H17NS. The third kappa shape index (κ3) is 1.51. The molecule has 3 rings (SSSR count). The molecule has 1 aliphatic carbocycles. The summed E-state index contributed by atoms with van der Waals surface area (Å²) in [7, 11) is 0. The second-order valence-corrected chi connectivity index (χ2v) is 5.86. The van der Waals surface area contributed by atoms with Gasteiger partial charge in [0.2, 0.25) is 0 Å². The molecule has 1 fully saturated rings. The van der Waals surface area contributed by atoms with Gasteiger partial charge < -0.3 is 5.73 Å². The molecule has 0 saturated heterocycles. The lowest BCUT2D eigenvalue weighted by atomic mass is 9.88. The van der Waals surface area contributed by atoms with Gasteiger partial charge in [0.25, 0.3) is 0 Å². The van der Waals surface area contributed by atoms with E-state index in [1.54, 1.807) is 0 Å². The number of benzene rings is 1. The Hall–Kier alpha value is -0.470. The molecule has 1 aromatic carbocycles. The molecule has 2 heteroatoms. The Morgan fingerprint density at radius 1 is 1.20 bits per heavy atom. The molecule has 0 amide bonds. The van der Waals surface area contributed by atoms with Crippen LogP contribution in [0.5, 0.6) is 0 Å². The van der Waals surface area contributed by atoms with Crippen LogP contribution in [0, 0.1) is 0 Å². The molecule has 1 aromatic rings. The molecule has 1 aliphatic heterocycles. The fourth-order valence-electron chi connectivity index (χ4n) is 2.88. The first-order valence-corrected chi connectivity index (χ1v) is 6.82. The van der Waals surface area contributed by atoms with E-state index in [4.69, 9.17) is 5.73 Å². The smallest absolute Gasteiger partial charge is 0.0420 e. The van der Waals surface area contributed by atoms with Gasteiger partial charge in [-0.1, -0.05) is 31.0 Å². The van der Waals surface area contributed by atoms with Gasteiger partial charge in [-0.3, -0.25) is 0 Å². The molecule has 0 radical (unpaired) electrons. The first-order valence-electron chi connectivity index (χ1n) is 5.84. The van der Waals surface area contributed by atoms with E-state index < -0.39 is 0 Å². The molecule has 1 saturated carbocycles. The van der Waals surface area contributed by atoms with Crippen LogP contribution in [0.25, 0.3) is 0 Å². The van der Waals surface area contributed by atoms with E-state index >= 15 is 0 Å². The summed E-state index contributed by atoms with van der Waals surface area (Å²) >= 11 is 2.00. The minimum absolute atomic E-state index is 0.0112. The van der Waals surface area contributed by atoms with Gasteiger partial charge in [0, 0.05) is 16.2 Å². The van der Waals surface area contributed by atoms with Crippen LogP contribution in [0.2, 0.25) is 0 Å².